The zero-order valence-corrected chi connectivity index (χ0v) is 18.8. The second-order valence-corrected chi connectivity index (χ2v) is 9.53. The van der Waals surface area contributed by atoms with Crippen molar-refractivity contribution in [3.8, 4) is 11.3 Å². The van der Waals surface area contributed by atoms with Crippen LogP contribution in [0.25, 0.3) is 22.2 Å². The maximum Gasteiger partial charge on any atom is 0.331 e. The second kappa shape index (κ2) is 7.68. The van der Waals surface area contributed by atoms with Crippen molar-refractivity contribution in [3.63, 3.8) is 0 Å². The van der Waals surface area contributed by atoms with Crippen LogP contribution >= 0.6 is 23.4 Å². The van der Waals surface area contributed by atoms with Gasteiger partial charge in [-0.2, -0.15) is 0 Å². The number of aliphatic hydroxyl groups is 1. The Morgan fingerprint density at radius 3 is 2.66 bits per heavy atom. The Kier molecular flexibility index (Phi) is 5.07. The molecule has 0 unspecified atom stereocenters. The lowest BCUT2D eigenvalue weighted by Crippen LogP contribution is -2.37. The molecule has 0 aliphatic carbocycles. The minimum absolute atomic E-state index is 0.108. The normalized spacial score (nSPS) is 18.3. The summed E-state index contributed by atoms with van der Waals surface area (Å²) in [5.74, 6) is 0.101. The largest absolute Gasteiger partial charge is 0.448 e. The molecule has 4 aromatic rings. The van der Waals surface area contributed by atoms with Crippen molar-refractivity contribution in [1.82, 2.24) is 13.7 Å². The monoisotopic (exact) mass is 475 g/mol. The summed E-state index contributed by atoms with van der Waals surface area (Å²) in [6.07, 6.45) is 0. The maximum atomic E-state index is 14.2. The Morgan fingerprint density at radius 2 is 2.00 bits per heavy atom. The minimum Gasteiger partial charge on any atom is -0.448 e. The standard InChI is InChI=1S/C22H19ClFN3O4S/c1-25-18-16(21(29)26(2)22(25)30)17(11-4-3-5-12(24)8-11)27-9-13(10-28)32-20(19(18)27)14-6-7-15(23)31-14/h3-8,13,20,28H,9-10H2,1-2H3/t13-,20+/m0/s1. The third-order valence-corrected chi connectivity index (χ3v) is 7.44. The highest BCUT2D eigenvalue weighted by atomic mass is 35.5. The molecular formula is C22H19ClFN3O4S. The highest BCUT2D eigenvalue weighted by Crippen LogP contribution is 2.49. The Hall–Kier alpha value is -2.75. The molecule has 32 heavy (non-hydrogen) atoms. The molecule has 3 aromatic heterocycles. The Labute approximate surface area is 190 Å². The van der Waals surface area contributed by atoms with Gasteiger partial charge in [-0.3, -0.25) is 13.9 Å². The highest BCUT2D eigenvalue weighted by molar-refractivity contribution is 8.00. The number of thioether (sulfide) groups is 1. The summed E-state index contributed by atoms with van der Waals surface area (Å²) in [7, 11) is 3.03. The molecule has 0 radical (unpaired) electrons. The predicted octanol–water partition coefficient (Wildman–Crippen LogP) is 3.29. The number of aromatic nitrogens is 3. The summed E-state index contributed by atoms with van der Waals surface area (Å²) in [6.45, 7) is 0.266. The number of benzene rings is 1. The number of hydrogen-bond donors (Lipinski definition) is 1. The van der Waals surface area contributed by atoms with Crippen LogP contribution in [0.4, 0.5) is 4.39 Å². The molecule has 4 heterocycles. The zero-order valence-electron chi connectivity index (χ0n) is 17.2. The molecule has 0 spiro atoms. The first-order valence-corrected chi connectivity index (χ1v) is 11.2. The SMILES string of the molecule is Cn1c(=O)c2c(-c3cccc(F)c3)n3c(c2n(C)c1=O)[C@@H](c1ccc(Cl)o1)S[C@H](CO)C3. The molecule has 0 fully saturated rings. The van der Waals surface area contributed by atoms with E-state index >= 15 is 0 Å². The van der Waals surface area contributed by atoms with Crippen LogP contribution in [0.3, 0.4) is 0 Å². The van der Waals surface area contributed by atoms with E-state index in [2.05, 4.69) is 0 Å². The van der Waals surface area contributed by atoms with E-state index in [-0.39, 0.29) is 17.1 Å². The number of aryl methyl sites for hydroxylation is 1. The molecule has 0 bridgehead atoms. The van der Waals surface area contributed by atoms with Crippen LogP contribution in [-0.2, 0) is 20.6 Å². The molecule has 1 aliphatic rings. The third kappa shape index (κ3) is 3.07. The number of furan rings is 1. The van der Waals surface area contributed by atoms with Crippen LogP contribution in [0, 0.1) is 5.82 Å². The fourth-order valence-corrected chi connectivity index (χ4v) is 5.89. The molecule has 10 heteroatoms. The van der Waals surface area contributed by atoms with Gasteiger partial charge in [0, 0.05) is 31.5 Å². The number of nitrogens with zero attached hydrogens (tertiary/aromatic N) is 3. The summed E-state index contributed by atoms with van der Waals surface area (Å²) < 4.78 is 24.3. The summed E-state index contributed by atoms with van der Waals surface area (Å²) in [6, 6.07) is 9.36. The van der Waals surface area contributed by atoms with E-state index in [1.807, 2.05) is 4.57 Å². The first-order valence-electron chi connectivity index (χ1n) is 9.91. The van der Waals surface area contributed by atoms with E-state index in [9.17, 15) is 19.1 Å². The lowest BCUT2D eigenvalue weighted by atomic mass is 10.1. The van der Waals surface area contributed by atoms with E-state index in [0.29, 0.717) is 40.2 Å². The average molecular weight is 476 g/mol. The lowest BCUT2D eigenvalue weighted by molar-refractivity contribution is 0.283. The van der Waals surface area contributed by atoms with E-state index in [1.54, 1.807) is 31.3 Å². The second-order valence-electron chi connectivity index (χ2n) is 7.75. The number of fused-ring (bicyclic) bond motifs is 3. The van der Waals surface area contributed by atoms with Gasteiger partial charge in [-0.05, 0) is 35.9 Å². The van der Waals surface area contributed by atoms with E-state index < -0.39 is 22.3 Å². The fraction of sp³-hybridized carbons (Fsp3) is 0.273. The molecule has 2 atom stereocenters. The number of hydrogen-bond acceptors (Lipinski definition) is 5. The van der Waals surface area contributed by atoms with Crippen LogP contribution in [0.15, 0.2) is 50.4 Å². The van der Waals surface area contributed by atoms with Gasteiger partial charge >= 0.3 is 5.69 Å². The van der Waals surface area contributed by atoms with Crippen molar-refractivity contribution in [2.45, 2.75) is 17.0 Å². The van der Waals surface area contributed by atoms with Crippen LogP contribution < -0.4 is 11.2 Å². The molecule has 166 valence electrons. The van der Waals surface area contributed by atoms with Gasteiger partial charge in [0.15, 0.2) is 5.22 Å². The molecule has 1 N–H and O–H groups in total. The van der Waals surface area contributed by atoms with Crippen molar-refractivity contribution in [1.29, 1.82) is 0 Å². The molecule has 0 amide bonds. The maximum absolute atomic E-state index is 14.2. The van der Waals surface area contributed by atoms with Crippen LogP contribution in [0.5, 0.6) is 0 Å². The predicted molar refractivity (Wildman–Crippen MR) is 122 cm³/mol. The van der Waals surface area contributed by atoms with E-state index in [0.717, 1.165) is 4.57 Å². The number of aliphatic hydroxyl groups excluding tert-OH is 1. The molecule has 0 saturated carbocycles. The van der Waals surface area contributed by atoms with Crippen LogP contribution in [-0.4, -0.2) is 30.7 Å². The summed E-state index contributed by atoms with van der Waals surface area (Å²) in [5, 5.41) is 9.87. The molecular weight excluding hydrogens is 457 g/mol. The third-order valence-electron chi connectivity index (χ3n) is 5.82. The summed E-state index contributed by atoms with van der Waals surface area (Å²) >= 11 is 7.50. The molecule has 5 rings (SSSR count). The van der Waals surface area contributed by atoms with E-state index in [4.69, 9.17) is 16.0 Å². The topological polar surface area (TPSA) is 82.3 Å². The van der Waals surface area contributed by atoms with Gasteiger partial charge in [-0.25, -0.2) is 9.18 Å². The Morgan fingerprint density at radius 1 is 1.22 bits per heavy atom. The summed E-state index contributed by atoms with van der Waals surface area (Å²) in [5.41, 5.74) is 1.22. The van der Waals surface area contributed by atoms with Gasteiger partial charge in [0.05, 0.1) is 28.9 Å². The zero-order chi connectivity index (χ0) is 22.7. The average Bonchev–Trinajstić information content (AvgIpc) is 3.37. The Balaban J connectivity index is 1.97. The van der Waals surface area contributed by atoms with Gasteiger partial charge in [-0.1, -0.05) is 12.1 Å². The highest BCUT2D eigenvalue weighted by Gasteiger charge is 2.37. The van der Waals surface area contributed by atoms with Crippen LogP contribution in [0.2, 0.25) is 5.22 Å². The van der Waals surface area contributed by atoms with Gasteiger partial charge < -0.3 is 14.1 Å². The minimum atomic E-state index is -0.467. The van der Waals surface area contributed by atoms with Gasteiger partial charge in [-0.15, -0.1) is 11.8 Å². The summed E-state index contributed by atoms with van der Waals surface area (Å²) in [4.78, 5) is 26.2. The smallest absolute Gasteiger partial charge is 0.331 e. The lowest BCUT2D eigenvalue weighted by Gasteiger charge is -2.30. The van der Waals surface area contributed by atoms with E-state index in [1.165, 1.54) is 35.5 Å². The van der Waals surface area contributed by atoms with Gasteiger partial charge in [0.1, 0.15) is 16.8 Å². The Bertz CT molecular complexity index is 1490. The number of halogens is 2. The first kappa shape index (κ1) is 21.1. The van der Waals surface area contributed by atoms with Crippen molar-refractivity contribution in [3.05, 3.63) is 79.7 Å². The molecule has 1 aromatic carbocycles. The quantitative estimate of drug-likeness (QED) is 0.491. The van der Waals surface area contributed by atoms with Crippen LogP contribution in [0.1, 0.15) is 16.7 Å². The fourth-order valence-electron chi connectivity index (χ4n) is 4.41. The molecule has 7 nitrogen and oxygen atoms in total. The van der Waals surface area contributed by atoms with Gasteiger partial charge in [0.25, 0.3) is 5.56 Å². The molecule has 1 aliphatic heterocycles. The van der Waals surface area contributed by atoms with Crippen molar-refractivity contribution < 1.29 is 13.9 Å². The van der Waals surface area contributed by atoms with Gasteiger partial charge in [0.2, 0.25) is 0 Å². The molecule has 0 saturated heterocycles. The number of rotatable bonds is 3. The van der Waals surface area contributed by atoms with Crippen molar-refractivity contribution in [2.75, 3.05) is 6.61 Å². The van der Waals surface area contributed by atoms with Crippen molar-refractivity contribution >= 4 is 34.3 Å². The van der Waals surface area contributed by atoms with Crippen molar-refractivity contribution in [2.24, 2.45) is 14.1 Å². The first-order chi connectivity index (χ1) is 15.3.